The van der Waals surface area contributed by atoms with E-state index in [-0.39, 0.29) is 12.3 Å². The van der Waals surface area contributed by atoms with Gasteiger partial charge in [-0.1, -0.05) is 23.9 Å². The Morgan fingerprint density at radius 1 is 1.14 bits per heavy atom. The molecular weight excluding hydrogens is 404 g/mol. The maximum absolute atomic E-state index is 12.6. The van der Waals surface area contributed by atoms with Crippen LogP contribution in [0.25, 0.3) is 17.0 Å². The van der Waals surface area contributed by atoms with Crippen LogP contribution in [0.3, 0.4) is 0 Å². The fourth-order valence-electron chi connectivity index (χ4n) is 3.12. The summed E-state index contributed by atoms with van der Waals surface area (Å²) in [5, 5.41) is 11.1. The Morgan fingerprint density at radius 3 is 2.55 bits per heavy atom. The number of hydrogen-bond donors (Lipinski definition) is 1. The number of aromatic nitrogens is 5. The third-order valence-corrected chi connectivity index (χ3v) is 5.94. The molecule has 0 aliphatic rings. The van der Waals surface area contributed by atoms with Crippen LogP contribution >= 0.6 is 23.1 Å². The zero-order valence-corrected chi connectivity index (χ0v) is 18.2. The molecule has 0 aliphatic heterocycles. The first-order valence-corrected chi connectivity index (χ1v) is 11.1. The molecule has 0 bridgehead atoms. The molecule has 0 aliphatic carbocycles. The van der Waals surface area contributed by atoms with Crippen molar-refractivity contribution in [1.29, 1.82) is 0 Å². The van der Waals surface area contributed by atoms with E-state index in [1.165, 1.54) is 11.8 Å². The molecule has 0 atom stereocenters. The zero-order chi connectivity index (χ0) is 20.5. The quantitative estimate of drug-likeness (QED) is 0.486. The van der Waals surface area contributed by atoms with Gasteiger partial charge in [0.2, 0.25) is 11.1 Å². The van der Waals surface area contributed by atoms with Crippen LogP contribution in [0.15, 0.2) is 34.8 Å². The van der Waals surface area contributed by atoms with Gasteiger partial charge in [-0.05, 0) is 39.2 Å². The van der Waals surface area contributed by atoms with Crippen LogP contribution < -0.4 is 5.32 Å². The van der Waals surface area contributed by atoms with Crippen LogP contribution in [-0.2, 0) is 11.2 Å². The molecule has 0 radical (unpaired) electrons. The van der Waals surface area contributed by atoms with Crippen molar-refractivity contribution in [3.63, 3.8) is 0 Å². The molecule has 1 aromatic carbocycles. The summed E-state index contributed by atoms with van der Waals surface area (Å²) < 4.78 is 1.70. The zero-order valence-electron chi connectivity index (χ0n) is 16.6. The van der Waals surface area contributed by atoms with E-state index in [9.17, 15) is 4.79 Å². The summed E-state index contributed by atoms with van der Waals surface area (Å²) in [6, 6.07) is 7.72. The van der Waals surface area contributed by atoms with Gasteiger partial charge in [-0.3, -0.25) is 4.79 Å². The molecule has 0 saturated carbocycles. The van der Waals surface area contributed by atoms with Crippen molar-refractivity contribution in [2.24, 2.45) is 0 Å². The Hall–Kier alpha value is -2.78. The number of thiazole rings is 1. The molecule has 3 aromatic heterocycles. The van der Waals surface area contributed by atoms with Crippen molar-refractivity contribution in [3.05, 3.63) is 51.6 Å². The van der Waals surface area contributed by atoms with Crippen molar-refractivity contribution in [2.45, 2.75) is 32.3 Å². The van der Waals surface area contributed by atoms with Crippen molar-refractivity contribution < 1.29 is 4.79 Å². The van der Waals surface area contributed by atoms with Crippen LogP contribution in [0.4, 0.5) is 5.69 Å². The second kappa shape index (κ2) is 7.92. The maximum atomic E-state index is 12.6. The number of nitrogens with zero attached hydrogens (tertiary/aromatic N) is 5. The van der Waals surface area contributed by atoms with Crippen LogP contribution in [0.1, 0.15) is 22.0 Å². The largest absolute Gasteiger partial charge is 0.326 e. The van der Waals surface area contributed by atoms with Gasteiger partial charge in [-0.15, -0.1) is 16.4 Å². The molecule has 9 heteroatoms. The van der Waals surface area contributed by atoms with E-state index in [4.69, 9.17) is 0 Å². The first-order chi connectivity index (χ1) is 13.9. The molecule has 4 aromatic rings. The number of aryl methyl sites for hydroxylation is 3. The Balaban J connectivity index is 1.51. The Kier molecular flexibility index (Phi) is 5.33. The summed E-state index contributed by atoms with van der Waals surface area (Å²) in [5.41, 5.74) is 5.27. The van der Waals surface area contributed by atoms with Crippen LogP contribution in [0, 0.1) is 20.8 Å². The molecule has 4 rings (SSSR count). The first kappa shape index (κ1) is 19.5. The highest BCUT2D eigenvalue weighted by molar-refractivity contribution is 7.98. The number of hydrogen-bond acceptors (Lipinski definition) is 7. The fourth-order valence-corrected chi connectivity index (χ4v) is 4.08. The van der Waals surface area contributed by atoms with Gasteiger partial charge in [0.1, 0.15) is 0 Å². The monoisotopic (exact) mass is 424 g/mol. The molecule has 0 saturated heterocycles. The lowest BCUT2D eigenvalue weighted by Gasteiger charge is -2.11. The summed E-state index contributed by atoms with van der Waals surface area (Å²) in [4.78, 5) is 26.0. The van der Waals surface area contributed by atoms with E-state index in [0.717, 1.165) is 38.9 Å². The highest BCUT2D eigenvalue weighted by Gasteiger charge is 2.16. The van der Waals surface area contributed by atoms with E-state index in [1.807, 2.05) is 56.7 Å². The van der Waals surface area contributed by atoms with Crippen LogP contribution in [-0.4, -0.2) is 36.7 Å². The lowest BCUT2D eigenvalue weighted by atomic mass is 10.1. The van der Waals surface area contributed by atoms with Gasteiger partial charge in [0.05, 0.1) is 17.1 Å². The number of carbonyl (C=O) groups is 1. The van der Waals surface area contributed by atoms with Crippen molar-refractivity contribution in [2.75, 3.05) is 11.6 Å². The highest BCUT2D eigenvalue weighted by atomic mass is 32.2. The number of anilines is 1. The second-order valence-corrected chi connectivity index (χ2v) is 8.46. The minimum Gasteiger partial charge on any atom is -0.326 e. The van der Waals surface area contributed by atoms with Crippen LogP contribution in [0.5, 0.6) is 0 Å². The molecular formula is C20H20N6OS2. The van der Waals surface area contributed by atoms with E-state index in [1.54, 1.807) is 15.9 Å². The maximum Gasteiger partial charge on any atom is 0.253 e. The molecule has 3 heterocycles. The standard InChI is InChI=1S/C20H20N6OS2/c1-11-16(12(2)26-19(21-11)24-20(25-26)28-4)9-18(27)23-15-7-5-14(6-8-15)17-10-29-13(3)22-17/h5-8,10H,9H2,1-4H3,(H,23,27). The second-order valence-electron chi connectivity index (χ2n) is 6.63. The topological polar surface area (TPSA) is 85.1 Å². The third kappa shape index (κ3) is 4.01. The van der Waals surface area contributed by atoms with Crippen molar-refractivity contribution in [1.82, 2.24) is 24.6 Å². The summed E-state index contributed by atoms with van der Waals surface area (Å²) >= 11 is 3.09. The van der Waals surface area contributed by atoms with E-state index >= 15 is 0 Å². The highest BCUT2D eigenvalue weighted by Crippen LogP contribution is 2.23. The molecule has 7 nitrogen and oxygen atoms in total. The number of carbonyl (C=O) groups excluding carboxylic acids is 1. The molecule has 0 fully saturated rings. The van der Waals surface area contributed by atoms with Gasteiger partial charge in [-0.25, -0.2) is 14.5 Å². The number of amides is 1. The smallest absolute Gasteiger partial charge is 0.253 e. The van der Waals surface area contributed by atoms with Gasteiger partial charge in [0.25, 0.3) is 5.78 Å². The first-order valence-electron chi connectivity index (χ1n) is 9.04. The number of rotatable bonds is 5. The minimum absolute atomic E-state index is 0.0974. The average molecular weight is 425 g/mol. The molecule has 148 valence electrons. The predicted molar refractivity (Wildman–Crippen MR) is 117 cm³/mol. The summed E-state index contributed by atoms with van der Waals surface area (Å²) in [5.74, 6) is 0.459. The number of thioether (sulfide) groups is 1. The number of fused-ring (bicyclic) bond motifs is 1. The fraction of sp³-hybridized carbons (Fsp3) is 0.250. The van der Waals surface area contributed by atoms with Crippen molar-refractivity contribution in [3.8, 4) is 11.3 Å². The molecule has 29 heavy (non-hydrogen) atoms. The Bertz CT molecular complexity index is 1200. The van der Waals surface area contributed by atoms with E-state index in [2.05, 4.69) is 25.4 Å². The number of nitrogens with one attached hydrogen (secondary N) is 1. The lowest BCUT2D eigenvalue weighted by molar-refractivity contribution is -0.115. The predicted octanol–water partition coefficient (Wildman–Crippen LogP) is 4.08. The van der Waals surface area contributed by atoms with Crippen LogP contribution in [0.2, 0.25) is 0 Å². The normalized spacial score (nSPS) is 11.2. The summed E-state index contributed by atoms with van der Waals surface area (Å²) in [7, 11) is 0. The van der Waals surface area contributed by atoms with E-state index in [0.29, 0.717) is 10.9 Å². The Morgan fingerprint density at radius 2 is 1.90 bits per heavy atom. The van der Waals surface area contributed by atoms with Gasteiger partial charge < -0.3 is 5.32 Å². The van der Waals surface area contributed by atoms with E-state index < -0.39 is 0 Å². The SMILES string of the molecule is CSc1nc2nc(C)c(CC(=O)Nc3ccc(-c4csc(C)n4)cc3)c(C)n2n1. The summed E-state index contributed by atoms with van der Waals surface area (Å²) in [6.45, 7) is 5.82. The average Bonchev–Trinajstić information content (AvgIpc) is 3.32. The van der Waals surface area contributed by atoms with Gasteiger partial charge >= 0.3 is 0 Å². The van der Waals surface area contributed by atoms with Crippen molar-refractivity contribution >= 4 is 40.5 Å². The number of benzene rings is 1. The Labute approximate surface area is 176 Å². The molecule has 0 spiro atoms. The lowest BCUT2D eigenvalue weighted by Crippen LogP contribution is -2.17. The molecule has 1 N–H and O–H groups in total. The minimum atomic E-state index is -0.0974. The molecule has 0 unspecified atom stereocenters. The van der Waals surface area contributed by atoms with Gasteiger partial charge in [-0.2, -0.15) is 4.98 Å². The van der Waals surface area contributed by atoms with Gasteiger partial charge in [0, 0.05) is 33.6 Å². The molecule has 1 amide bonds. The third-order valence-electron chi connectivity index (χ3n) is 4.63. The van der Waals surface area contributed by atoms with Gasteiger partial charge in [0.15, 0.2) is 0 Å². The summed E-state index contributed by atoms with van der Waals surface area (Å²) in [6.07, 6.45) is 2.15.